The Morgan fingerprint density at radius 1 is 1.00 bits per heavy atom. The summed E-state index contributed by atoms with van der Waals surface area (Å²) in [7, 11) is 0. The first-order valence-corrected chi connectivity index (χ1v) is 6.98. The van der Waals surface area contributed by atoms with Gasteiger partial charge in [-0.2, -0.15) is 0 Å². The molecule has 0 saturated heterocycles. The van der Waals surface area contributed by atoms with E-state index in [0.717, 1.165) is 5.56 Å². The molecule has 0 saturated carbocycles. The Balaban J connectivity index is 1.82. The minimum absolute atomic E-state index is 0.0959. The number of carbonyl (C=O) groups is 2. The summed E-state index contributed by atoms with van der Waals surface area (Å²) in [5.74, 6) is -1.65. The maximum absolute atomic E-state index is 13.4. The van der Waals surface area contributed by atoms with Crippen molar-refractivity contribution in [1.29, 1.82) is 0 Å². The molecule has 0 aliphatic carbocycles. The van der Waals surface area contributed by atoms with E-state index in [9.17, 15) is 14.0 Å². The van der Waals surface area contributed by atoms with Crippen LogP contribution in [0, 0.1) is 5.82 Å². The highest BCUT2D eigenvalue weighted by Crippen LogP contribution is 2.14. The van der Waals surface area contributed by atoms with Gasteiger partial charge in [0.25, 0.3) is 5.91 Å². The van der Waals surface area contributed by atoms with Crippen LogP contribution in [0.15, 0.2) is 48.5 Å². The van der Waals surface area contributed by atoms with Gasteiger partial charge in [-0.15, -0.1) is 0 Å². The van der Waals surface area contributed by atoms with E-state index in [1.54, 1.807) is 24.3 Å². The number of rotatable bonds is 5. The van der Waals surface area contributed by atoms with Crippen molar-refractivity contribution in [2.75, 3.05) is 6.54 Å². The quantitative estimate of drug-likeness (QED) is 0.889. The zero-order chi connectivity index (χ0) is 15.9. The van der Waals surface area contributed by atoms with Crippen LogP contribution in [0.5, 0.6) is 0 Å². The molecule has 0 aliphatic rings. The maximum atomic E-state index is 13.4. The highest BCUT2D eigenvalue weighted by atomic mass is 35.5. The van der Waals surface area contributed by atoms with E-state index in [0.29, 0.717) is 5.02 Å². The Labute approximate surface area is 132 Å². The van der Waals surface area contributed by atoms with Gasteiger partial charge in [0, 0.05) is 11.6 Å². The van der Waals surface area contributed by atoms with Crippen molar-refractivity contribution >= 4 is 23.4 Å². The molecule has 2 aromatic rings. The molecule has 22 heavy (non-hydrogen) atoms. The van der Waals surface area contributed by atoms with Crippen molar-refractivity contribution in [3.8, 4) is 0 Å². The van der Waals surface area contributed by atoms with Crippen LogP contribution >= 0.6 is 11.6 Å². The first-order chi connectivity index (χ1) is 10.6. The van der Waals surface area contributed by atoms with Crippen molar-refractivity contribution in [2.24, 2.45) is 0 Å². The first kappa shape index (κ1) is 16.0. The maximum Gasteiger partial charge on any atom is 0.254 e. The monoisotopic (exact) mass is 320 g/mol. The average molecular weight is 321 g/mol. The van der Waals surface area contributed by atoms with Crippen LogP contribution in [0.2, 0.25) is 5.02 Å². The number of nitrogens with one attached hydrogen (secondary N) is 2. The molecule has 0 bridgehead atoms. The highest BCUT2D eigenvalue weighted by Gasteiger charge is 2.12. The lowest BCUT2D eigenvalue weighted by atomic mass is 10.2. The molecule has 2 aromatic carbocycles. The summed E-state index contributed by atoms with van der Waals surface area (Å²) >= 11 is 5.97. The molecule has 2 amide bonds. The van der Waals surface area contributed by atoms with Crippen molar-refractivity contribution in [1.82, 2.24) is 10.6 Å². The second kappa shape index (κ2) is 7.56. The van der Waals surface area contributed by atoms with Crippen molar-refractivity contribution < 1.29 is 14.0 Å². The van der Waals surface area contributed by atoms with Gasteiger partial charge in [0.1, 0.15) is 5.82 Å². The summed E-state index contributed by atoms with van der Waals surface area (Å²) in [6.07, 6.45) is 0. The fourth-order valence-electron chi connectivity index (χ4n) is 1.80. The fraction of sp³-hybridized carbons (Fsp3) is 0.125. The predicted octanol–water partition coefficient (Wildman–Crippen LogP) is 2.53. The minimum Gasteiger partial charge on any atom is -0.350 e. The van der Waals surface area contributed by atoms with E-state index in [1.807, 2.05) is 6.07 Å². The van der Waals surface area contributed by atoms with E-state index in [2.05, 4.69) is 10.6 Å². The summed E-state index contributed by atoms with van der Waals surface area (Å²) in [6.45, 7) is 0.0195. The number of halogens is 2. The number of benzene rings is 2. The smallest absolute Gasteiger partial charge is 0.254 e. The molecular formula is C16H14ClFN2O2. The van der Waals surface area contributed by atoms with E-state index in [-0.39, 0.29) is 24.6 Å². The van der Waals surface area contributed by atoms with Crippen LogP contribution < -0.4 is 10.6 Å². The summed E-state index contributed by atoms with van der Waals surface area (Å²) in [4.78, 5) is 23.4. The number of carbonyl (C=O) groups excluding carboxylic acids is 2. The predicted molar refractivity (Wildman–Crippen MR) is 82.0 cm³/mol. The number of hydrogen-bond donors (Lipinski definition) is 2. The van der Waals surface area contributed by atoms with Gasteiger partial charge in [0.2, 0.25) is 5.91 Å². The molecule has 0 fully saturated rings. The van der Waals surface area contributed by atoms with E-state index in [4.69, 9.17) is 11.6 Å². The zero-order valence-electron chi connectivity index (χ0n) is 11.6. The van der Waals surface area contributed by atoms with Crippen LogP contribution in [0.25, 0.3) is 0 Å². The first-order valence-electron chi connectivity index (χ1n) is 6.61. The van der Waals surface area contributed by atoms with Gasteiger partial charge in [-0.05, 0) is 23.8 Å². The Hall–Kier alpha value is -2.40. The Bertz CT molecular complexity index is 691. The van der Waals surface area contributed by atoms with Gasteiger partial charge >= 0.3 is 0 Å². The summed E-state index contributed by atoms with van der Waals surface area (Å²) in [5, 5.41) is 5.55. The molecule has 0 spiro atoms. The summed E-state index contributed by atoms with van der Waals surface area (Å²) in [5.41, 5.74) is 0.680. The van der Waals surface area contributed by atoms with Gasteiger partial charge < -0.3 is 10.6 Å². The number of hydrogen-bond acceptors (Lipinski definition) is 2. The molecular weight excluding hydrogens is 307 g/mol. The summed E-state index contributed by atoms with van der Waals surface area (Å²) < 4.78 is 13.4. The van der Waals surface area contributed by atoms with Crippen LogP contribution in [0.4, 0.5) is 4.39 Å². The molecule has 2 rings (SSSR count). The third-order valence-electron chi connectivity index (χ3n) is 2.96. The molecule has 0 aliphatic heterocycles. The topological polar surface area (TPSA) is 58.2 Å². The molecule has 0 atom stereocenters. The summed E-state index contributed by atoms with van der Waals surface area (Å²) in [6, 6.07) is 12.7. The largest absolute Gasteiger partial charge is 0.350 e. The van der Waals surface area contributed by atoms with Gasteiger partial charge in [0.05, 0.1) is 12.1 Å². The van der Waals surface area contributed by atoms with Crippen molar-refractivity contribution in [3.05, 3.63) is 70.5 Å². The molecule has 4 nitrogen and oxygen atoms in total. The van der Waals surface area contributed by atoms with Crippen molar-refractivity contribution in [2.45, 2.75) is 6.54 Å². The van der Waals surface area contributed by atoms with Gasteiger partial charge in [0.15, 0.2) is 0 Å². The molecule has 0 unspecified atom stereocenters. The van der Waals surface area contributed by atoms with Crippen LogP contribution in [0.1, 0.15) is 15.9 Å². The molecule has 0 heterocycles. The minimum atomic E-state index is -0.633. The molecule has 114 valence electrons. The standard InChI is InChI=1S/C16H14ClFN2O2/c17-13-7-3-1-5-11(13)9-19-15(21)10-20-16(22)12-6-2-4-8-14(12)18/h1-8H,9-10H2,(H,19,21)(H,20,22). The lowest BCUT2D eigenvalue weighted by Crippen LogP contribution is -2.36. The molecule has 0 aromatic heterocycles. The van der Waals surface area contributed by atoms with E-state index in [1.165, 1.54) is 18.2 Å². The third kappa shape index (κ3) is 4.30. The van der Waals surface area contributed by atoms with E-state index >= 15 is 0 Å². The van der Waals surface area contributed by atoms with Gasteiger partial charge in [-0.1, -0.05) is 41.9 Å². The lowest BCUT2D eigenvalue weighted by Gasteiger charge is -2.08. The Kier molecular flexibility index (Phi) is 5.49. The van der Waals surface area contributed by atoms with Crippen LogP contribution in [-0.2, 0) is 11.3 Å². The third-order valence-corrected chi connectivity index (χ3v) is 3.33. The van der Waals surface area contributed by atoms with Crippen LogP contribution in [0.3, 0.4) is 0 Å². The molecule has 6 heteroatoms. The zero-order valence-corrected chi connectivity index (χ0v) is 12.4. The molecule has 0 radical (unpaired) electrons. The fourth-order valence-corrected chi connectivity index (χ4v) is 2.00. The molecule has 2 N–H and O–H groups in total. The van der Waals surface area contributed by atoms with Crippen molar-refractivity contribution in [3.63, 3.8) is 0 Å². The SMILES string of the molecule is O=C(CNC(=O)c1ccccc1F)NCc1ccccc1Cl. The normalized spacial score (nSPS) is 10.1. The lowest BCUT2D eigenvalue weighted by molar-refractivity contribution is -0.120. The van der Waals surface area contributed by atoms with E-state index < -0.39 is 11.7 Å². The Morgan fingerprint density at radius 3 is 2.41 bits per heavy atom. The van der Waals surface area contributed by atoms with Gasteiger partial charge in [-0.3, -0.25) is 9.59 Å². The second-order valence-electron chi connectivity index (χ2n) is 4.53. The average Bonchev–Trinajstić information content (AvgIpc) is 2.52. The highest BCUT2D eigenvalue weighted by molar-refractivity contribution is 6.31. The van der Waals surface area contributed by atoms with Crippen LogP contribution in [-0.4, -0.2) is 18.4 Å². The second-order valence-corrected chi connectivity index (χ2v) is 4.94. The van der Waals surface area contributed by atoms with Gasteiger partial charge in [-0.25, -0.2) is 4.39 Å². The Morgan fingerprint density at radius 2 is 1.68 bits per heavy atom. The number of amides is 2.